The number of hydrazine groups is 1. The lowest BCUT2D eigenvalue weighted by molar-refractivity contribution is -0.126. The van der Waals surface area contributed by atoms with Crippen LogP contribution in [0.3, 0.4) is 0 Å². The Balaban J connectivity index is 0. The zero-order valence-corrected chi connectivity index (χ0v) is 17.8. The Kier molecular flexibility index (Phi) is 18.5. The number of aryl methyl sites for hydroxylation is 1. The third-order valence-electron chi connectivity index (χ3n) is 3.07. The van der Waals surface area contributed by atoms with Crippen molar-refractivity contribution in [2.75, 3.05) is 20.3 Å². The highest BCUT2D eigenvalue weighted by atomic mass is 16.5. The predicted molar refractivity (Wildman–Crippen MR) is 115 cm³/mol. The molecule has 158 valence electrons. The maximum atomic E-state index is 8.95. The smallest absolute Gasteiger partial charge is 0.292 e. The molecule has 8 heteroatoms. The van der Waals surface area contributed by atoms with Gasteiger partial charge in [-0.15, -0.1) is 0 Å². The Labute approximate surface area is 168 Å². The van der Waals surface area contributed by atoms with Crippen LogP contribution in [0.15, 0.2) is 47.7 Å². The number of benzene rings is 1. The molecule has 5 N–H and O–H groups in total. The normalized spacial score (nSPS) is 9.46. The number of carbonyl (C=O) groups excluding carboxylic acids is 1. The number of hydrogen-bond acceptors (Lipinski definition) is 6. The highest BCUT2D eigenvalue weighted by Gasteiger charge is 2.08. The number of nitrogens with two attached hydrogens (primary N) is 2. The SMILES string of the molecule is CC.CCOCC.COC=O.Cc1ccc(-n2cccc2/C(=N/N)NN)cc1. The van der Waals surface area contributed by atoms with Crippen LogP contribution in [-0.2, 0) is 14.3 Å². The van der Waals surface area contributed by atoms with Gasteiger partial charge in [-0.25, -0.2) is 5.84 Å². The van der Waals surface area contributed by atoms with Crippen LogP contribution in [0.5, 0.6) is 0 Å². The van der Waals surface area contributed by atoms with Gasteiger partial charge in [0.25, 0.3) is 6.47 Å². The molecule has 1 aromatic heterocycles. The number of methoxy groups -OCH3 is 1. The molecule has 8 nitrogen and oxygen atoms in total. The maximum Gasteiger partial charge on any atom is 0.292 e. The van der Waals surface area contributed by atoms with Crippen molar-refractivity contribution in [3.63, 3.8) is 0 Å². The summed E-state index contributed by atoms with van der Waals surface area (Å²) in [7, 11) is 1.31. The Morgan fingerprint density at radius 2 is 1.71 bits per heavy atom. The summed E-state index contributed by atoms with van der Waals surface area (Å²) in [5, 5.41) is 3.61. The Hall–Kier alpha value is -2.84. The number of nitrogens with one attached hydrogen (secondary N) is 1. The molecule has 0 aliphatic carbocycles. The van der Waals surface area contributed by atoms with Gasteiger partial charge >= 0.3 is 0 Å². The minimum absolute atomic E-state index is 0.375. The second-order valence-corrected chi connectivity index (χ2v) is 4.83. The Morgan fingerprint density at radius 1 is 1.18 bits per heavy atom. The first-order valence-electron chi connectivity index (χ1n) is 9.12. The molecular weight excluding hydrogens is 358 g/mol. The highest BCUT2D eigenvalue weighted by molar-refractivity contribution is 5.97. The minimum Gasteiger partial charge on any atom is -0.471 e. The summed E-state index contributed by atoms with van der Waals surface area (Å²) >= 11 is 0. The van der Waals surface area contributed by atoms with Crippen LogP contribution in [-0.4, -0.2) is 37.2 Å². The molecule has 0 saturated heterocycles. The van der Waals surface area contributed by atoms with Crippen LogP contribution in [0.4, 0.5) is 0 Å². The molecule has 0 fully saturated rings. The Bertz CT molecular complexity index is 638. The monoisotopic (exact) mass is 393 g/mol. The number of nitrogens with zero attached hydrogens (tertiary/aromatic N) is 2. The topological polar surface area (TPSA) is 117 Å². The summed E-state index contributed by atoms with van der Waals surface area (Å²) in [4.78, 5) is 8.95. The minimum atomic E-state index is 0.375. The maximum absolute atomic E-state index is 8.95. The third-order valence-corrected chi connectivity index (χ3v) is 3.07. The van der Waals surface area contributed by atoms with E-state index in [1.807, 2.05) is 74.9 Å². The molecule has 1 aromatic carbocycles. The van der Waals surface area contributed by atoms with Crippen molar-refractivity contribution in [3.05, 3.63) is 53.9 Å². The van der Waals surface area contributed by atoms with Gasteiger partial charge in [0.05, 0.1) is 12.8 Å². The zero-order chi connectivity index (χ0) is 21.8. The van der Waals surface area contributed by atoms with Crippen LogP contribution in [0.2, 0.25) is 0 Å². The van der Waals surface area contributed by atoms with E-state index in [-0.39, 0.29) is 0 Å². The second kappa shape index (κ2) is 18.9. The van der Waals surface area contributed by atoms with Crippen molar-refractivity contribution >= 4 is 12.3 Å². The molecule has 0 atom stereocenters. The first kappa shape index (κ1) is 27.4. The van der Waals surface area contributed by atoms with Crippen LogP contribution >= 0.6 is 0 Å². The van der Waals surface area contributed by atoms with Gasteiger partial charge in [0.1, 0.15) is 0 Å². The molecule has 0 unspecified atom stereocenters. The summed E-state index contributed by atoms with van der Waals surface area (Å²) in [5.74, 6) is 11.1. The lowest BCUT2D eigenvalue weighted by Crippen LogP contribution is -2.33. The summed E-state index contributed by atoms with van der Waals surface area (Å²) in [6, 6.07) is 12.0. The number of aromatic nitrogens is 1. The lowest BCUT2D eigenvalue weighted by atomic mass is 10.2. The molecule has 0 aliphatic heterocycles. The van der Waals surface area contributed by atoms with Gasteiger partial charge < -0.3 is 25.3 Å². The summed E-state index contributed by atoms with van der Waals surface area (Å²) in [6.45, 7) is 12.1. The molecule has 1 heterocycles. The van der Waals surface area contributed by atoms with Gasteiger partial charge in [-0.2, -0.15) is 5.10 Å². The highest BCUT2D eigenvalue weighted by Crippen LogP contribution is 2.13. The number of amidine groups is 1. The van der Waals surface area contributed by atoms with Crippen molar-refractivity contribution in [1.29, 1.82) is 0 Å². The quantitative estimate of drug-likeness (QED) is 0.236. The molecule has 2 aromatic rings. The predicted octanol–water partition coefficient (Wildman–Crippen LogP) is 2.73. The fraction of sp³-hybridized carbons (Fsp3) is 0.400. The van der Waals surface area contributed by atoms with E-state index in [1.165, 1.54) is 12.7 Å². The largest absolute Gasteiger partial charge is 0.471 e. The van der Waals surface area contributed by atoms with E-state index in [2.05, 4.69) is 22.2 Å². The standard InChI is InChI=1S/C12H15N5.C4H10O.C2H4O2.C2H6/c1-9-4-6-10(7-5-9)17-8-2-3-11(17)12(15-13)16-14;1-3-5-4-2;1-4-2-3;1-2/h2-8H,13-14H2,1H3,(H,15,16);3-4H2,1-2H3;2H,1H3;1-2H3. The van der Waals surface area contributed by atoms with Crippen molar-refractivity contribution in [1.82, 2.24) is 9.99 Å². The summed E-state index contributed by atoms with van der Waals surface area (Å²) in [5.41, 5.74) is 5.55. The average Bonchev–Trinajstić information content (AvgIpc) is 3.22. The van der Waals surface area contributed by atoms with Gasteiger partial charge in [0.15, 0.2) is 5.84 Å². The van der Waals surface area contributed by atoms with E-state index in [0.29, 0.717) is 12.3 Å². The number of hydrazone groups is 1. The van der Waals surface area contributed by atoms with Crippen LogP contribution < -0.4 is 17.1 Å². The molecule has 28 heavy (non-hydrogen) atoms. The van der Waals surface area contributed by atoms with Crippen molar-refractivity contribution in [2.24, 2.45) is 16.8 Å². The molecule has 2 rings (SSSR count). The first-order valence-corrected chi connectivity index (χ1v) is 9.12. The van der Waals surface area contributed by atoms with Crippen molar-refractivity contribution in [2.45, 2.75) is 34.6 Å². The van der Waals surface area contributed by atoms with Crippen molar-refractivity contribution < 1.29 is 14.3 Å². The van der Waals surface area contributed by atoms with E-state index < -0.39 is 0 Å². The third kappa shape index (κ3) is 11.0. The number of rotatable bonds is 5. The average molecular weight is 394 g/mol. The van der Waals surface area contributed by atoms with Crippen LogP contribution in [0.25, 0.3) is 5.69 Å². The van der Waals surface area contributed by atoms with Gasteiger partial charge in [-0.3, -0.25) is 4.79 Å². The fourth-order valence-corrected chi connectivity index (χ4v) is 1.89. The lowest BCUT2D eigenvalue weighted by Gasteiger charge is -2.10. The molecule has 0 saturated carbocycles. The molecule has 0 aliphatic rings. The van der Waals surface area contributed by atoms with E-state index in [0.717, 1.165) is 24.6 Å². The molecule has 0 radical (unpaired) electrons. The van der Waals surface area contributed by atoms with Crippen LogP contribution in [0.1, 0.15) is 39.0 Å². The zero-order valence-electron chi connectivity index (χ0n) is 17.8. The van der Waals surface area contributed by atoms with E-state index in [1.54, 1.807) is 0 Å². The molecule has 0 bridgehead atoms. The van der Waals surface area contributed by atoms with Crippen LogP contribution in [0, 0.1) is 6.92 Å². The number of carbonyl (C=O) groups is 1. The first-order chi connectivity index (χ1) is 13.6. The van der Waals surface area contributed by atoms with E-state index in [9.17, 15) is 0 Å². The second-order valence-electron chi connectivity index (χ2n) is 4.83. The van der Waals surface area contributed by atoms with Gasteiger partial charge in [0.2, 0.25) is 0 Å². The van der Waals surface area contributed by atoms with E-state index in [4.69, 9.17) is 21.2 Å². The fourth-order valence-electron chi connectivity index (χ4n) is 1.89. The van der Waals surface area contributed by atoms with Gasteiger partial charge in [0, 0.05) is 25.1 Å². The van der Waals surface area contributed by atoms with Gasteiger partial charge in [-0.05, 0) is 45.0 Å². The molecular formula is C20H35N5O3. The van der Waals surface area contributed by atoms with Gasteiger partial charge in [-0.1, -0.05) is 31.5 Å². The Morgan fingerprint density at radius 3 is 2.07 bits per heavy atom. The summed E-state index contributed by atoms with van der Waals surface area (Å²) in [6.07, 6.45) is 1.93. The molecule has 0 spiro atoms. The number of hydrogen-bond donors (Lipinski definition) is 3. The van der Waals surface area contributed by atoms with Crippen molar-refractivity contribution in [3.8, 4) is 5.69 Å². The number of ether oxygens (including phenoxy) is 2. The summed E-state index contributed by atoms with van der Waals surface area (Å²) < 4.78 is 10.7. The molecule has 0 amide bonds. The van der Waals surface area contributed by atoms with E-state index >= 15 is 0 Å².